The molecule has 98 valence electrons. The summed E-state index contributed by atoms with van der Waals surface area (Å²) in [6, 6.07) is 0. The van der Waals surface area contributed by atoms with Gasteiger partial charge in [0, 0.05) is 18.6 Å². The number of alkyl halides is 1. The van der Waals surface area contributed by atoms with Crippen LogP contribution in [0.4, 0.5) is 0 Å². The van der Waals surface area contributed by atoms with Gasteiger partial charge in [0.25, 0.3) is 0 Å². The van der Waals surface area contributed by atoms with Crippen LogP contribution in [-0.4, -0.2) is 45.4 Å². The summed E-state index contributed by atoms with van der Waals surface area (Å²) in [4.78, 5) is 2.53. The largest absolute Gasteiger partial charge is 0.344 e. The Hall–Kier alpha value is -0.650. The molecule has 1 saturated heterocycles. The van der Waals surface area contributed by atoms with Crippen molar-refractivity contribution in [1.82, 2.24) is 26.0 Å². The number of rotatable bonds is 5. The monoisotopic (exact) mass is 259 g/mol. The van der Waals surface area contributed by atoms with Gasteiger partial charge >= 0.3 is 0 Å². The molecule has 5 nitrogen and oxygen atoms in total. The van der Waals surface area contributed by atoms with Gasteiger partial charge in [-0.05, 0) is 44.8 Å². The normalized spacial score (nSPS) is 17.9. The van der Waals surface area contributed by atoms with Crippen LogP contribution in [0.3, 0.4) is 0 Å². The number of nitrogens with zero attached hydrogens (tertiary/aromatic N) is 4. The van der Waals surface area contributed by atoms with Crippen LogP contribution in [0.15, 0.2) is 12.4 Å². The van der Waals surface area contributed by atoms with Gasteiger partial charge in [-0.25, -0.2) is 0 Å². The van der Waals surface area contributed by atoms with E-state index in [1.165, 1.54) is 25.9 Å². The molecule has 0 spiro atoms. The molecule has 1 aliphatic rings. The summed E-state index contributed by atoms with van der Waals surface area (Å²) < 4.78 is 1.89. The average molecular weight is 260 g/mol. The third kappa shape index (κ3) is 4.61. The first kappa shape index (κ1) is 14.4. The summed E-state index contributed by atoms with van der Waals surface area (Å²) in [7, 11) is 0. The van der Waals surface area contributed by atoms with Crippen molar-refractivity contribution in [1.29, 1.82) is 0 Å². The van der Waals surface area contributed by atoms with Crippen molar-refractivity contribution in [2.45, 2.75) is 25.8 Å². The van der Waals surface area contributed by atoms with E-state index in [2.05, 4.69) is 15.2 Å². The second-order valence-electron chi connectivity index (χ2n) is 4.46. The van der Waals surface area contributed by atoms with E-state index < -0.39 is 0 Å². The van der Waals surface area contributed by atoms with Crippen molar-refractivity contribution in [2.24, 2.45) is 5.92 Å². The molecule has 1 aromatic heterocycles. The van der Waals surface area contributed by atoms with Gasteiger partial charge in [0.2, 0.25) is 0 Å². The van der Waals surface area contributed by atoms with Crippen molar-refractivity contribution in [3.05, 3.63) is 12.4 Å². The Bertz CT molecular complexity index is 282. The van der Waals surface area contributed by atoms with Crippen LogP contribution in [0, 0.1) is 5.92 Å². The molecule has 6 heteroatoms. The van der Waals surface area contributed by atoms with Gasteiger partial charge in [-0.1, -0.05) is 5.21 Å². The van der Waals surface area contributed by atoms with E-state index >= 15 is 0 Å². The lowest BCUT2D eigenvalue weighted by Gasteiger charge is -2.30. The van der Waals surface area contributed by atoms with Crippen LogP contribution in [0.5, 0.6) is 0 Å². The highest BCUT2D eigenvalue weighted by molar-refractivity contribution is 6.18. The lowest BCUT2D eigenvalue weighted by atomic mass is 9.99. The summed E-state index contributed by atoms with van der Waals surface area (Å²) >= 11 is 5.86. The first-order valence-corrected chi connectivity index (χ1v) is 6.54. The van der Waals surface area contributed by atoms with Crippen molar-refractivity contribution in [2.75, 3.05) is 25.5 Å². The van der Waals surface area contributed by atoms with E-state index in [4.69, 9.17) is 11.6 Å². The average Bonchev–Trinajstić information content (AvgIpc) is 2.83. The first-order valence-electron chi connectivity index (χ1n) is 6.01. The summed E-state index contributed by atoms with van der Waals surface area (Å²) in [6.45, 7) is 4.54. The third-order valence-corrected chi connectivity index (χ3v) is 3.70. The molecular formula is C11H22ClN5. The van der Waals surface area contributed by atoms with Gasteiger partial charge < -0.3 is 11.1 Å². The molecule has 17 heavy (non-hydrogen) atoms. The zero-order valence-corrected chi connectivity index (χ0v) is 11.0. The number of piperidine rings is 1. The van der Waals surface area contributed by atoms with Gasteiger partial charge in [-0.3, -0.25) is 4.68 Å². The number of halogens is 1. The highest BCUT2D eigenvalue weighted by Gasteiger charge is 2.17. The van der Waals surface area contributed by atoms with Gasteiger partial charge in [0.05, 0.1) is 6.20 Å². The fraction of sp³-hybridized carbons (Fsp3) is 0.818. The maximum atomic E-state index is 5.86. The number of aryl methyl sites for hydroxylation is 1. The van der Waals surface area contributed by atoms with E-state index in [0.29, 0.717) is 0 Å². The predicted octanol–water partition coefficient (Wildman–Crippen LogP) is 1.78. The standard InChI is InChI=1S/C11H19ClN4.H3N/c12-10-11-2-7-15(8-3-11)5-1-6-16-9-4-13-14-16;/h4,9,11H,1-3,5-8,10H2;1H3. The molecule has 0 radical (unpaired) electrons. The van der Waals surface area contributed by atoms with Crippen LogP contribution < -0.4 is 6.15 Å². The van der Waals surface area contributed by atoms with Gasteiger partial charge in [0.1, 0.15) is 0 Å². The maximum absolute atomic E-state index is 5.86. The van der Waals surface area contributed by atoms with Crippen LogP contribution in [0.2, 0.25) is 0 Å². The van der Waals surface area contributed by atoms with E-state index in [9.17, 15) is 0 Å². The molecule has 2 heterocycles. The molecule has 0 unspecified atom stereocenters. The fourth-order valence-electron chi connectivity index (χ4n) is 2.17. The van der Waals surface area contributed by atoms with Crippen molar-refractivity contribution in [3.8, 4) is 0 Å². The molecule has 1 aliphatic heterocycles. The molecule has 1 fully saturated rings. The Morgan fingerprint density at radius 3 is 2.59 bits per heavy atom. The molecule has 0 aliphatic carbocycles. The van der Waals surface area contributed by atoms with Crippen LogP contribution >= 0.6 is 11.6 Å². The molecule has 2 rings (SSSR count). The molecule has 0 amide bonds. The summed E-state index contributed by atoms with van der Waals surface area (Å²) in [5.41, 5.74) is 0. The lowest BCUT2D eigenvalue weighted by molar-refractivity contribution is 0.188. The smallest absolute Gasteiger partial charge is 0.0692 e. The fourth-order valence-corrected chi connectivity index (χ4v) is 2.48. The zero-order valence-electron chi connectivity index (χ0n) is 10.3. The Morgan fingerprint density at radius 2 is 2.00 bits per heavy atom. The van der Waals surface area contributed by atoms with Gasteiger partial charge in [-0.15, -0.1) is 16.7 Å². The second kappa shape index (κ2) is 7.63. The van der Waals surface area contributed by atoms with E-state index in [1.54, 1.807) is 6.20 Å². The van der Waals surface area contributed by atoms with Crippen LogP contribution in [0.1, 0.15) is 19.3 Å². The minimum absolute atomic E-state index is 0. The Morgan fingerprint density at radius 1 is 1.24 bits per heavy atom. The van der Waals surface area contributed by atoms with E-state index in [-0.39, 0.29) is 6.15 Å². The maximum Gasteiger partial charge on any atom is 0.0692 e. The Balaban J connectivity index is 0.00000144. The summed E-state index contributed by atoms with van der Waals surface area (Å²) in [5, 5.41) is 7.75. The molecule has 0 saturated carbocycles. The zero-order chi connectivity index (χ0) is 11.2. The number of hydrogen-bond acceptors (Lipinski definition) is 4. The Labute approximate surface area is 108 Å². The first-order chi connectivity index (χ1) is 7.88. The molecule has 0 aromatic carbocycles. The Kier molecular flexibility index (Phi) is 6.47. The number of aromatic nitrogens is 3. The minimum Gasteiger partial charge on any atom is -0.344 e. The quantitative estimate of drug-likeness (QED) is 0.819. The number of likely N-dealkylation sites (tertiary alicyclic amines) is 1. The summed E-state index contributed by atoms with van der Waals surface area (Å²) in [5.74, 6) is 1.57. The van der Waals surface area contributed by atoms with E-state index in [1.807, 2.05) is 10.9 Å². The lowest BCUT2D eigenvalue weighted by Crippen LogP contribution is -2.35. The van der Waals surface area contributed by atoms with Crippen LogP contribution in [-0.2, 0) is 6.54 Å². The van der Waals surface area contributed by atoms with Gasteiger partial charge in [0.15, 0.2) is 0 Å². The molecule has 0 atom stereocenters. The summed E-state index contributed by atoms with van der Waals surface area (Å²) in [6.07, 6.45) is 7.31. The van der Waals surface area contributed by atoms with Crippen LogP contribution in [0.25, 0.3) is 0 Å². The molecular weight excluding hydrogens is 238 g/mol. The SMILES string of the molecule is ClCC1CCN(CCCn2ccnn2)CC1.N. The van der Waals surface area contributed by atoms with E-state index in [0.717, 1.165) is 31.3 Å². The highest BCUT2D eigenvalue weighted by Crippen LogP contribution is 2.18. The van der Waals surface area contributed by atoms with Gasteiger partial charge in [-0.2, -0.15) is 0 Å². The molecule has 0 bridgehead atoms. The topological polar surface area (TPSA) is 69.0 Å². The molecule has 3 N–H and O–H groups in total. The predicted molar refractivity (Wildman–Crippen MR) is 69.5 cm³/mol. The van der Waals surface area contributed by atoms with Crippen molar-refractivity contribution >= 4 is 11.6 Å². The number of hydrogen-bond donors (Lipinski definition) is 1. The third-order valence-electron chi connectivity index (χ3n) is 3.26. The molecule has 1 aromatic rings. The van der Waals surface area contributed by atoms with Crippen molar-refractivity contribution < 1.29 is 0 Å². The second-order valence-corrected chi connectivity index (χ2v) is 4.77. The van der Waals surface area contributed by atoms with Crippen molar-refractivity contribution in [3.63, 3.8) is 0 Å². The highest BCUT2D eigenvalue weighted by atomic mass is 35.5. The minimum atomic E-state index is 0.